The second-order valence-electron chi connectivity index (χ2n) is 6.42. The SMILES string of the molecule is CCCN1CCN(C(=O)c2oc3ccccc3c2NC(=O)COC)CC1. The molecule has 7 heteroatoms. The third kappa shape index (κ3) is 3.89. The van der Waals surface area contributed by atoms with Crippen molar-refractivity contribution >= 4 is 28.5 Å². The monoisotopic (exact) mass is 359 g/mol. The molecule has 0 unspecified atom stereocenters. The van der Waals surface area contributed by atoms with Crippen LogP contribution in [0.3, 0.4) is 0 Å². The molecule has 2 aromatic rings. The van der Waals surface area contributed by atoms with Gasteiger partial charge in [-0.2, -0.15) is 0 Å². The first-order chi connectivity index (χ1) is 12.6. The van der Waals surface area contributed by atoms with E-state index in [1.165, 1.54) is 7.11 Å². The molecule has 3 rings (SSSR count). The van der Waals surface area contributed by atoms with Crippen molar-refractivity contribution in [3.8, 4) is 0 Å². The summed E-state index contributed by atoms with van der Waals surface area (Å²) in [4.78, 5) is 29.2. The van der Waals surface area contributed by atoms with Crippen molar-refractivity contribution in [2.45, 2.75) is 13.3 Å². The summed E-state index contributed by atoms with van der Waals surface area (Å²) in [6, 6.07) is 7.31. The number of nitrogens with zero attached hydrogens (tertiary/aromatic N) is 2. The van der Waals surface area contributed by atoms with Gasteiger partial charge in [-0.05, 0) is 25.1 Å². The Morgan fingerprint density at radius 3 is 2.62 bits per heavy atom. The Morgan fingerprint density at radius 1 is 1.19 bits per heavy atom. The maximum Gasteiger partial charge on any atom is 0.291 e. The van der Waals surface area contributed by atoms with Gasteiger partial charge in [0.15, 0.2) is 0 Å². The highest BCUT2D eigenvalue weighted by molar-refractivity contribution is 6.11. The van der Waals surface area contributed by atoms with E-state index in [1.54, 1.807) is 11.0 Å². The first-order valence-corrected chi connectivity index (χ1v) is 8.96. The van der Waals surface area contributed by atoms with Crippen molar-refractivity contribution in [3.63, 3.8) is 0 Å². The van der Waals surface area contributed by atoms with E-state index >= 15 is 0 Å². The van der Waals surface area contributed by atoms with Gasteiger partial charge in [0, 0.05) is 38.7 Å². The number of benzene rings is 1. The number of anilines is 1. The minimum atomic E-state index is -0.319. The van der Waals surface area contributed by atoms with Crippen LogP contribution in [0.4, 0.5) is 5.69 Å². The summed E-state index contributed by atoms with van der Waals surface area (Å²) < 4.78 is 10.7. The van der Waals surface area contributed by atoms with E-state index in [9.17, 15) is 9.59 Å². The molecule has 26 heavy (non-hydrogen) atoms. The molecule has 2 amide bonds. The fourth-order valence-corrected chi connectivity index (χ4v) is 3.26. The molecule has 0 aliphatic carbocycles. The van der Waals surface area contributed by atoms with Crippen LogP contribution in [0.25, 0.3) is 11.0 Å². The molecule has 0 saturated carbocycles. The van der Waals surface area contributed by atoms with Crippen LogP contribution in [0, 0.1) is 0 Å². The van der Waals surface area contributed by atoms with Crippen LogP contribution in [0.1, 0.15) is 23.9 Å². The first kappa shape index (κ1) is 18.4. The van der Waals surface area contributed by atoms with Gasteiger partial charge < -0.3 is 19.4 Å². The number of amides is 2. The summed E-state index contributed by atoms with van der Waals surface area (Å²) in [6.07, 6.45) is 1.10. The lowest BCUT2D eigenvalue weighted by Crippen LogP contribution is -2.48. The fourth-order valence-electron chi connectivity index (χ4n) is 3.26. The lowest BCUT2D eigenvalue weighted by Gasteiger charge is -2.34. The second kappa shape index (κ2) is 8.33. The summed E-state index contributed by atoms with van der Waals surface area (Å²) >= 11 is 0. The normalized spacial score (nSPS) is 15.4. The Kier molecular flexibility index (Phi) is 5.90. The molecule has 0 atom stereocenters. The van der Waals surface area contributed by atoms with E-state index in [0.29, 0.717) is 29.7 Å². The van der Waals surface area contributed by atoms with Crippen LogP contribution in [-0.2, 0) is 9.53 Å². The largest absolute Gasteiger partial charge is 0.449 e. The van der Waals surface area contributed by atoms with Gasteiger partial charge in [-0.3, -0.25) is 14.5 Å². The number of nitrogens with one attached hydrogen (secondary N) is 1. The van der Waals surface area contributed by atoms with Gasteiger partial charge in [-0.15, -0.1) is 0 Å². The van der Waals surface area contributed by atoms with Crippen LogP contribution in [0.15, 0.2) is 28.7 Å². The molecule has 1 aliphatic rings. The molecule has 0 spiro atoms. The molecular weight excluding hydrogens is 334 g/mol. The van der Waals surface area contributed by atoms with Crippen molar-refractivity contribution in [2.24, 2.45) is 0 Å². The Labute approximate surface area is 152 Å². The van der Waals surface area contributed by atoms with Gasteiger partial charge in [0.05, 0.1) is 0 Å². The summed E-state index contributed by atoms with van der Waals surface area (Å²) in [5.74, 6) is -0.328. The average Bonchev–Trinajstić information content (AvgIpc) is 3.01. The summed E-state index contributed by atoms with van der Waals surface area (Å²) in [5, 5.41) is 3.48. The standard InChI is InChI=1S/C19H25N3O4/c1-3-8-21-9-11-22(12-10-21)19(24)18-17(20-16(23)13-25-2)14-6-4-5-7-15(14)26-18/h4-7H,3,8-13H2,1-2H3,(H,20,23). The third-order valence-corrected chi connectivity index (χ3v) is 4.53. The van der Waals surface area contributed by atoms with Gasteiger partial charge >= 0.3 is 0 Å². The number of hydrogen-bond acceptors (Lipinski definition) is 5. The third-order valence-electron chi connectivity index (χ3n) is 4.53. The van der Waals surface area contributed by atoms with Crippen LogP contribution in [0.5, 0.6) is 0 Å². The van der Waals surface area contributed by atoms with Gasteiger partial charge in [-0.25, -0.2) is 0 Å². The van der Waals surface area contributed by atoms with Crippen LogP contribution in [0.2, 0.25) is 0 Å². The van der Waals surface area contributed by atoms with E-state index < -0.39 is 0 Å². The van der Waals surface area contributed by atoms with Crippen molar-refractivity contribution in [1.82, 2.24) is 9.80 Å². The molecular formula is C19H25N3O4. The number of fused-ring (bicyclic) bond motifs is 1. The van der Waals surface area contributed by atoms with Gasteiger partial charge in [0.25, 0.3) is 5.91 Å². The Morgan fingerprint density at radius 2 is 1.92 bits per heavy atom. The van der Waals surface area contributed by atoms with Gasteiger partial charge in [0.2, 0.25) is 11.7 Å². The molecule has 1 fully saturated rings. The second-order valence-corrected chi connectivity index (χ2v) is 6.42. The minimum absolute atomic E-state index is 0.0805. The number of hydrogen-bond donors (Lipinski definition) is 1. The molecule has 0 bridgehead atoms. The maximum absolute atomic E-state index is 13.0. The number of piperazine rings is 1. The molecule has 1 N–H and O–H groups in total. The number of methoxy groups -OCH3 is 1. The number of rotatable bonds is 6. The Hall–Kier alpha value is -2.38. The van der Waals surface area contributed by atoms with Crippen LogP contribution >= 0.6 is 0 Å². The molecule has 2 heterocycles. The first-order valence-electron chi connectivity index (χ1n) is 8.96. The van der Waals surface area contributed by atoms with Crippen molar-refractivity contribution in [1.29, 1.82) is 0 Å². The minimum Gasteiger partial charge on any atom is -0.449 e. The summed E-state index contributed by atoms with van der Waals surface area (Å²) in [6.45, 7) is 6.13. The fraction of sp³-hybridized carbons (Fsp3) is 0.474. The molecule has 7 nitrogen and oxygen atoms in total. The molecule has 1 aromatic carbocycles. The average molecular weight is 359 g/mol. The number of carbonyl (C=O) groups is 2. The van der Waals surface area contributed by atoms with E-state index in [2.05, 4.69) is 17.1 Å². The number of para-hydroxylation sites is 1. The van der Waals surface area contributed by atoms with Crippen LogP contribution in [-0.4, -0.2) is 68.1 Å². The van der Waals surface area contributed by atoms with E-state index in [1.807, 2.05) is 18.2 Å². The lowest BCUT2D eigenvalue weighted by molar-refractivity contribution is -0.119. The lowest BCUT2D eigenvalue weighted by atomic mass is 10.2. The number of ether oxygens (including phenoxy) is 1. The van der Waals surface area contributed by atoms with E-state index in [-0.39, 0.29) is 24.2 Å². The zero-order valence-corrected chi connectivity index (χ0v) is 15.3. The van der Waals surface area contributed by atoms with E-state index in [4.69, 9.17) is 9.15 Å². The Balaban J connectivity index is 1.84. The highest BCUT2D eigenvalue weighted by Crippen LogP contribution is 2.32. The summed E-state index contributed by atoms with van der Waals surface area (Å²) in [5.41, 5.74) is 0.997. The number of carbonyl (C=O) groups excluding carboxylic acids is 2. The highest BCUT2D eigenvalue weighted by atomic mass is 16.5. The molecule has 140 valence electrons. The quantitative estimate of drug-likeness (QED) is 0.856. The van der Waals surface area contributed by atoms with Gasteiger partial charge in [0.1, 0.15) is 17.9 Å². The Bertz CT molecular complexity index is 778. The molecule has 1 aliphatic heterocycles. The maximum atomic E-state index is 13.0. The summed E-state index contributed by atoms with van der Waals surface area (Å²) in [7, 11) is 1.45. The molecule has 0 radical (unpaired) electrons. The highest BCUT2D eigenvalue weighted by Gasteiger charge is 2.28. The predicted octanol–water partition coefficient (Wildman–Crippen LogP) is 2.19. The van der Waals surface area contributed by atoms with Gasteiger partial charge in [-0.1, -0.05) is 19.1 Å². The van der Waals surface area contributed by atoms with Crippen molar-refractivity contribution < 1.29 is 18.7 Å². The van der Waals surface area contributed by atoms with Crippen molar-refractivity contribution in [3.05, 3.63) is 30.0 Å². The van der Waals surface area contributed by atoms with E-state index in [0.717, 1.165) is 26.1 Å². The topological polar surface area (TPSA) is 75.0 Å². The molecule has 1 saturated heterocycles. The zero-order chi connectivity index (χ0) is 18.5. The number of furan rings is 1. The zero-order valence-electron chi connectivity index (χ0n) is 15.3. The van der Waals surface area contributed by atoms with Crippen molar-refractivity contribution in [2.75, 3.05) is 51.8 Å². The molecule has 1 aromatic heterocycles. The van der Waals surface area contributed by atoms with Crippen LogP contribution < -0.4 is 5.32 Å². The predicted molar refractivity (Wildman–Crippen MR) is 99.4 cm³/mol. The smallest absolute Gasteiger partial charge is 0.291 e.